The first-order valence-corrected chi connectivity index (χ1v) is 9.76. The number of halogens is 1. The van der Waals surface area contributed by atoms with Gasteiger partial charge in [-0.05, 0) is 56.5 Å². The lowest BCUT2D eigenvalue weighted by atomic mass is 10.1. The first kappa shape index (κ1) is 20.0. The molecule has 0 unspecified atom stereocenters. The number of nitrogens with one attached hydrogen (secondary N) is 1. The van der Waals surface area contributed by atoms with Gasteiger partial charge in [-0.15, -0.1) is 0 Å². The second-order valence-corrected chi connectivity index (χ2v) is 7.06. The fraction of sp³-hybridized carbons (Fsp3) is 0.273. The van der Waals surface area contributed by atoms with Gasteiger partial charge >= 0.3 is 0 Å². The van der Waals surface area contributed by atoms with E-state index < -0.39 is 0 Å². The molecule has 0 radical (unpaired) electrons. The van der Waals surface area contributed by atoms with Crippen molar-refractivity contribution < 1.29 is 9.59 Å². The Kier molecular flexibility index (Phi) is 6.05. The van der Waals surface area contributed by atoms with E-state index in [1.54, 1.807) is 23.1 Å². The number of hydrogen-bond donors (Lipinski definition) is 1. The van der Waals surface area contributed by atoms with E-state index in [-0.39, 0.29) is 18.4 Å². The Hall–Kier alpha value is -2.79. The van der Waals surface area contributed by atoms with Crippen LogP contribution in [0.5, 0.6) is 0 Å². The molecule has 6 heteroatoms. The third-order valence-corrected chi connectivity index (χ3v) is 5.17. The monoisotopic (exact) mass is 397 g/mol. The number of hydrogen-bond acceptors (Lipinski definition) is 2. The largest absolute Gasteiger partial charge is 0.339 e. The molecule has 5 nitrogen and oxygen atoms in total. The quantitative estimate of drug-likeness (QED) is 0.654. The first-order valence-electron chi connectivity index (χ1n) is 9.38. The second kappa shape index (κ2) is 8.48. The van der Waals surface area contributed by atoms with Crippen LogP contribution in [0, 0.1) is 6.92 Å². The molecule has 0 bridgehead atoms. The van der Waals surface area contributed by atoms with Gasteiger partial charge in [0.25, 0.3) is 5.91 Å². The van der Waals surface area contributed by atoms with E-state index in [2.05, 4.69) is 11.4 Å². The van der Waals surface area contributed by atoms with Gasteiger partial charge in [0.15, 0.2) is 0 Å². The molecule has 3 rings (SSSR count). The highest BCUT2D eigenvalue weighted by atomic mass is 35.5. The van der Waals surface area contributed by atoms with Crippen molar-refractivity contribution in [3.8, 4) is 0 Å². The first-order chi connectivity index (χ1) is 13.4. The maximum absolute atomic E-state index is 12.6. The number of aryl methyl sites for hydroxylation is 1. The Morgan fingerprint density at radius 2 is 1.79 bits per heavy atom. The number of carbonyl (C=O) groups is 2. The minimum atomic E-state index is -0.150. The van der Waals surface area contributed by atoms with Crippen LogP contribution in [0.15, 0.2) is 48.5 Å². The van der Waals surface area contributed by atoms with Crippen LogP contribution in [0.4, 0.5) is 5.69 Å². The maximum atomic E-state index is 12.6. The predicted molar refractivity (Wildman–Crippen MR) is 114 cm³/mol. The molecule has 2 amide bonds. The lowest BCUT2D eigenvalue weighted by Gasteiger charge is -2.19. The zero-order valence-corrected chi connectivity index (χ0v) is 17.1. The molecule has 28 heavy (non-hydrogen) atoms. The third-order valence-electron chi connectivity index (χ3n) is 4.85. The van der Waals surface area contributed by atoms with E-state index in [9.17, 15) is 9.59 Å². The summed E-state index contributed by atoms with van der Waals surface area (Å²) in [5.74, 6) is -0.259. The lowest BCUT2D eigenvalue weighted by Crippen LogP contribution is -2.30. The van der Waals surface area contributed by atoms with Crippen LogP contribution in [0.25, 0.3) is 10.9 Å². The summed E-state index contributed by atoms with van der Waals surface area (Å²) in [5.41, 5.74) is 3.05. The molecule has 2 aromatic carbocycles. The summed E-state index contributed by atoms with van der Waals surface area (Å²) < 4.78 is 1.98. The number of nitrogens with zero attached hydrogens (tertiary/aromatic N) is 2. The predicted octanol–water partition coefficient (Wildman–Crippen LogP) is 4.72. The van der Waals surface area contributed by atoms with Gasteiger partial charge in [0.05, 0.1) is 10.6 Å². The smallest absolute Gasteiger partial charge is 0.255 e. The number of anilines is 1. The van der Waals surface area contributed by atoms with Crippen molar-refractivity contribution in [3.05, 3.63) is 64.8 Å². The molecular formula is C22H24ClN3O2. The number of fused-ring (bicyclic) bond motifs is 1. The van der Waals surface area contributed by atoms with Crippen LogP contribution in [0.3, 0.4) is 0 Å². The summed E-state index contributed by atoms with van der Waals surface area (Å²) in [6.45, 7) is 7.28. The van der Waals surface area contributed by atoms with Crippen molar-refractivity contribution in [2.45, 2.75) is 27.3 Å². The van der Waals surface area contributed by atoms with Crippen molar-refractivity contribution >= 4 is 40.0 Å². The summed E-state index contributed by atoms with van der Waals surface area (Å²) in [6.07, 6.45) is 0. The molecule has 1 N–H and O–H groups in total. The Morgan fingerprint density at radius 3 is 2.46 bits per heavy atom. The number of carbonyl (C=O) groups excluding carboxylic acids is 2. The molecule has 0 aliphatic carbocycles. The van der Waals surface area contributed by atoms with E-state index in [1.807, 2.05) is 49.6 Å². The second-order valence-electron chi connectivity index (χ2n) is 6.65. The SMILES string of the molecule is CCN(CC)C(=O)c1ccc(NC(=O)Cn2c(C)cc3ccccc32)cc1Cl. The van der Waals surface area contributed by atoms with Crippen LogP contribution in [0.1, 0.15) is 29.9 Å². The zero-order valence-electron chi connectivity index (χ0n) is 16.3. The fourth-order valence-corrected chi connectivity index (χ4v) is 3.61. The standard InChI is InChI=1S/C22H24ClN3O2/c1-4-25(5-2)22(28)18-11-10-17(13-19(18)23)24-21(27)14-26-15(3)12-16-8-6-7-9-20(16)26/h6-13H,4-5,14H2,1-3H3,(H,24,27). The summed E-state index contributed by atoms with van der Waals surface area (Å²) in [6, 6.07) is 15.0. The van der Waals surface area contributed by atoms with Crippen LogP contribution in [-0.4, -0.2) is 34.4 Å². The molecule has 0 spiro atoms. The topological polar surface area (TPSA) is 54.3 Å². The highest BCUT2D eigenvalue weighted by Gasteiger charge is 2.17. The number of amides is 2. The van der Waals surface area contributed by atoms with Gasteiger partial charge in [-0.3, -0.25) is 9.59 Å². The summed E-state index contributed by atoms with van der Waals surface area (Å²) in [4.78, 5) is 26.7. The van der Waals surface area contributed by atoms with Gasteiger partial charge in [0, 0.05) is 30.0 Å². The Bertz CT molecular complexity index is 1020. The molecule has 0 atom stereocenters. The molecule has 1 heterocycles. The van der Waals surface area contributed by atoms with Gasteiger partial charge in [0.2, 0.25) is 5.91 Å². The molecule has 0 fully saturated rings. The van der Waals surface area contributed by atoms with Crippen molar-refractivity contribution in [1.29, 1.82) is 0 Å². The van der Waals surface area contributed by atoms with Gasteiger partial charge in [-0.25, -0.2) is 0 Å². The Labute approximate surface area is 169 Å². The van der Waals surface area contributed by atoms with E-state index in [0.29, 0.717) is 29.4 Å². The van der Waals surface area contributed by atoms with E-state index >= 15 is 0 Å². The van der Waals surface area contributed by atoms with Crippen LogP contribution < -0.4 is 5.32 Å². The third kappa shape index (κ3) is 4.04. The number of rotatable bonds is 6. The van der Waals surface area contributed by atoms with E-state index in [1.165, 1.54) is 0 Å². The molecule has 1 aromatic heterocycles. The minimum absolute atomic E-state index is 0.109. The van der Waals surface area contributed by atoms with Crippen molar-refractivity contribution in [3.63, 3.8) is 0 Å². The number of benzene rings is 2. The highest BCUT2D eigenvalue weighted by molar-refractivity contribution is 6.34. The van der Waals surface area contributed by atoms with Crippen LogP contribution in [-0.2, 0) is 11.3 Å². The normalized spacial score (nSPS) is 10.9. The van der Waals surface area contributed by atoms with E-state index in [0.717, 1.165) is 16.6 Å². The molecule has 0 aliphatic heterocycles. The van der Waals surface area contributed by atoms with Gasteiger partial charge in [-0.1, -0.05) is 29.8 Å². The summed E-state index contributed by atoms with van der Waals surface area (Å²) in [5, 5.41) is 4.30. The van der Waals surface area contributed by atoms with Crippen molar-refractivity contribution in [1.82, 2.24) is 9.47 Å². The Balaban J connectivity index is 1.75. The van der Waals surface area contributed by atoms with Gasteiger partial charge in [0.1, 0.15) is 6.54 Å². The Morgan fingerprint density at radius 1 is 1.07 bits per heavy atom. The molecular weight excluding hydrogens is 374 g/mol. The van der Waals surface area contributed by atoms with E-state index in [4.69, 9.17) is 11.6 Å². The molecule has 0 saturated heterocycles. The number of para-hydroxylation sites is 1. The van der Waals surface area contributed by atoms with Gasteiger partial charge < -0.3 is 14.8 Å². The van der Waals surface area contributed by atoms with Gasteiger partial charge in [-0.2, -0.15) is 0 Å². The molecule has 0 aliphatic rings. The van der Waals surface area contributed by atoms with Crippen LogP contribution >= 0.6 is 11.6 Å². The highest BCUT2D eigenvalue weighted by Crippen LogP contribution is 2.23. The number of aromatic nitrogens is 1. The average molecular weight is 398 g/mol. The summed E-state index contributed by atoms with van der Waals surface area (Å²) in [7, 11) is 0. The van der Waals surface area contributed by atoms with Crippen molar-refractivity contribution in [2.24, 2.45) is 0 Å². The molecule has 3 aromatic rings. The van der Waals surface area contributed by atoms with Crippen LogP contribution in [0.2, 0.25) is 5.02 Å². The molecule has 146 valence electrons. The minimum Gasteiger partial charge on any atom is -0.339 e. The zero-order chi connectivity index (χ0) is 20.3. The molecule has 0 saturated carbocycles. The maximum Gasteiger partial charge on any atom is 0.255 e. The fourth-order valence-electron chi connectivity index (χ4n) is 3.35. The summed E-state index contributed by atoms with van der Waals surface area (Å²) >= 11 is 6.31. The average Bonchev–Trinajstić information content (AvgIpc) is 2.98. The van der Waals surface area contributed by atoms with Crippen molar-refractivity contribution in [2.75, 3.05) is 18.4 Å². The lowest BCUT2D eigenvalue weighted by molar-refractivity contribution is -0.116.